The minimum Gasteiger partial charge on any atom is -0.304 e. The zero-order valence-corrected chi connectivity index (χ0v) is 21.4. The summed E-state index contributed by atoms with van der Waals surface area (Å²) in [5.41, 5.74) is 1.80. The highest BCUT2D eigenvalue weighted by molar-refractivity contribution is 7.92. The standard InChI is InChI=1S/C25H25N5O4S2/c1-3-28(4-2)35(31,32)21-16-14-19(15-17-21)29-18-30(36(33,34)20-10-6-5-7-11-20)25-24(29)26-22-12-8-9-13-23(22)27-25/h5-17H,3-4,18H2,1-2H3. The Morgan fingerprint density at radius 3 is 1.86 bits per heavy atom. The zero-order valence-electron chi connectivity index (χ0n) is 19.8. The summed E-state index contributed by atoms with van der Waals surface area (Å²) in [5, 5.41) is 0. The highest BCUT2D eigenvalue weighted by atomic mass is 32.2. The quantitative estimate of drug-likeness (QED) is 0.361. The first-order valence-electron chi connectivity index (χ1n) is 11.5. The number of para-hydroxylation sites is 2. The van der Waals surface area contributed by atoms with E-state index in [2.05, 4.69) is 4.98 Å². The van der Waals surface area contributed by atoms with Crippen molar-refractivity contribution in [2.45, 2.75) is 23.6 Å². The lowest BCUT2D eigenvalue weighted by molar-refractivity contribution is 0.445. The van der Waals surface area contributed by atoms with Crippen molar-refractivity contribution in [3.63, 3.8) is 0 Å². The second-order valence-corrected chi connectivity index (χ2v) is 12.0. The van der Waals surface area contributed by atoms with Crippen molar-refractivity contribution < 1.29 is 16.8 Å². The largest absolute Gasteiger partial charge is 0.304 e. The summed E-state index contributed by atoms with van der Waals surface area (Å²) in [6.45, 7) is 4.28. The van der Waals surface area contributed by atoms with Gasteiger partial charge < -0.3 is 4.90 Å². The number of fused-ring (bicyclic) bond motifs is 2. The molecule has 2 heterocycles. The number of rotatable bonds is 7. The van der Waals surface area contributed by atoms with Gasteiger partial charge in [-0.3, -0.25) is 0 Å². The van der Waals surface area contributed by atoms with Crippen molar-refractivity contribution in [1.82, 2.24) is 14.3 Å². The Bertz CT molecular complexity index is 1620. The van der Waals surface area contributed by atoms with E-state index in [0.717, 1.165) is 0 Å². The lowest BCUT2D eigenvalue weighted by Crippen LogP contribution is -2.34. The van der Waals surface area contributed by atoms with Crippen molar-refractivity contribution in [2.75, 3.05) is 29.0 Å². The number of anilines is 3. The lowest BCUT2D eigenvalue weighted by Gasteiger charge is -2.22. The van der Waals surface area contributed by atoms with Crippen LogP contribution < -0.4 is 9.21 Å². The van der Waals surface area contributed by atoms with Crippen LogP contribution in [-0.4, -0.2) is 50.9 Å². The smallest absolute Gasteiger partial charge is 0.267 e. The summed E-state index contributed by atoms with van der Waals surface area (Å²) in [5.74, 6) is 0.602. The molecule has 3 aromatic carbocycles. The Kier molecular flexibility index (Phi) is 6.15. The average molecular weight is 524 g/mol. The van der Waals surface area contributed by atoms with E-state index in [1.165, 1.54) is 20.7 Å². The third-order valence-corrected chi connectivity index (χ3v) is 9.92. The van der Waals surface area contributed by atoms with E-state index in [4.69, 9.17) is 4.98 Å². The van der Waals surface area contributed by atoms with E-state index < -0.39 is 20.0 Å². The summed E-state index contributed by atoms with van der Waals surface area (Å²) in [6.07, 6.45) is 0. The zero-order chi connectivity index (χ0) is 25.5. The normalized spacial score (nSPS) is 14.0. The first-order valence-corrected chi connectivity index (χ1v) is 14.4. The van der Waals surface area contributed by atoms with Crippen LogP contribution in [0.5, 0.6) is 0 Å². The Morgan fingerprint density at radius 2 is 1.28 bits per heavy atom. The van der Waals surface area contributed by atoms with E-state index >= 15 is 0 Å². The number of sulfonamides is 2. The fraction of sp³-hybridized carbons (Fsp3) is 0.200. The molecule has 36 heavy (non-hydrogen) atoms. The van der Waals surface area contributed by atoms with Crippen LogP contribution in [-0.2, 0) is 20.0 Å². The molecule has 0 saturated carbocycles. The molecule has 9 nitrogen and oxygen atoms in total. The van der Waals surface area contributed by atoms with E-state index in [9.17, 15) is 16.8 Å². The molecule has 0 saturated heterocycles. The Labute approximate surface area is 210 Å². The highest BCUT2D eigenvalue weighted by Crippen LogP contribution is 2.41. The average Bonchev–Trinajstić information content (AvgIpc) is 3.27. The number of hydrogen-bond donors (Lipinski definition) is 0. The molecule has 1 aliphatic heterocycles. The SMILES string of the molecule is CCN(CC)S(=O)(=O)c1ccc(N2CN(S(=O)(=O)c3ccccc3)c3nc4ccccc4nc32)cc1. The minimum absolute atomic E-state index is 0.0506. The van der Waals surface area contributed by atoms with Crippen molar-refractivity contribution in [3.8, 4) is 0 Å². The Balaban J connectivity index is 1.60. The molecular formula is C25H25N5O4S2. The molecule has 186 valence electrons. The monoisotopic (exact) mass is 523 g/mol. The fourth-order valence-electron chi connectivity index (χ4n) is 4.22. The van der Waals surface area contributed by atoms with Gasteiger partial charge >= 0.3 is 0 Å². The minimum atomic E-state index is -3.92. The van der Waals surface area contributed by atoms with E-state index in [1.54, 1.807) is 67.3 Å². The van der Waals surface area contributed by atoms with Gasteiger partial charge in [0.2, 0.25) is 10.0 Å². The molecule has 0 aliphatic carbocycles. The van der Waals surface area contributed by atoms with E-state index in [0.29, 0.717) is 35.6 Å². The second kappa shape index (κ2) is 9.16. The van der Waals surface area contributed by atoms with Crippen LogP contribution in [0.4, 0.5) is 17.3 Å². The number of aromatic nitrogens is 2. The first kappa shape index (κ1) is 24.2. The molecule has 0 spiro atoms. The molecule has 0 N–H and O–H groups in total. The summed E-state index contributed by atoms with van der Waals surface area (Å²) in [6, 6.07) is 21.8. The molecule has 1 aromatic heterocycles. The number of nitrogens with zero attached hydrogens (tertiary/aromatic N) is 5. The van der Waals surface area contributed by atoms with Gasteiger partial charge in [0.1, 0.15) is 6.67 Å². The van der Waals surface area contributed by atoms with Gasteiger partial charge in [0.15, 0.2) is 11.6 Å². The van der Waals surface area contributed by atoms with Crippen LogP contribution in [0.25, 0.3) is 11.0 Å². The molecule has 11 heteroatoms. The Morgan fingerprint density at radius 1 is 0.722 bits per heavy atom. The third-order valence-electron chi connectivity index (χ3n) is 6.12. The molecule has 5 rings (SSSR count). The van der Waals surface area contributed by atoms with Crippen molar-refractivity contribution in [3.05, 3.63) is 78.9 Å². The maximum atomic E-state index is 13.6. The van der Waals surface area contributed by atoms with Gasteiger partial charge in [0.05, 0.1) is 20.8 Å². The number of hydrogen-bond acceptors (Lipinski definition) is 7. The molecule has 0 bridgehead atoms. The van der Waals surface area contributed by atoms with Gasteiger partial charge in [-0.25, -0.2) is 31.1 Å². The molecule has 4 aromatic rings. The van der Waals surface area contributed by atoms with E-state index in [-0.39, 0.29) is 22.3 Å². The van der Waals surface area contributed by atoms with Gasteiger partial charge in [-0.1, -0.05) is 44.2 Å². The predicted molar refractivity (Wildman–Crippen MR) is 139 cm³/mol. The van der Waals surface area contributed by atoms with Crippen LogP contribution in [0.3, 0.4) is 0 Å². The van der Waals surface area contributed by atoms with Crippen molar-refractivity contribution in [2.24, 2.45) is 0 Å². The molecule has 0 fully saturated rings. The van der Waals surface area contributed by atoms with Gasteiger partial charge in [0, 0.05) is 18.8 Å². The van der Waals surface area contributed by atoms with Gasteiger partial charge in [-0.05, 0) is 48.5 Å². The molecule has 0 unspecified atom stereocenters. The van der Waals surface area contributed by atoms with Crippen LogP contribution in [0.2, 0.25) is 0 Å². The highest BCUT2D eigenvalue weighted by Gasteiger charge is 2.38. The van der Waals surface area contributed by atoms with Crippen molar-refractivity contribution >= 4 is 48.4 Å². The summed E-state index contributed by atoms with van der Waals surface area (Å²) in [4.78, 5) is 11.4. The Hall–Kier alpha value is -3.54. The van der Waals surface area contributed by atoms with Crippen molar-refractivity contribution in [1.29, 1.82) is 0 Å². The third kappa shape index (κ3) is 3.98. The summed E-state index contributed by atoms with van der Waals surface area (Å²) in [7, 11) is -7.54. The first-order chi connectivity index (χ1) is 17.3. The maximum absolute atomic E-state index is 13.6. The van der Waals surface area contributed by atoms with E-state index in [1.807, 2.05) is 18.2 Å². The summed E-state index contributed by atoms with van der Waals surface area (Å²) < 4.78 is 55.6. The van der Waals surface area contributed by atoms with Gasteiger partial charge in [-0.15, -0.1) is 0 Å². The number of benzene rings is 3. The molecule has 1 aliphatic rings. The van der Waals surface area contributed by atoms with Gasteiger partial charge in [0.25, 0.3) is 10.0 Å². The lowest BCUT2D eigenvalue weighted by atomic mass is 10.3. The van der Waals surface area contributed by atoms with Crippen LogP contribution >= 0.6 is 0 Å². The summed E-state index contributed by atoms with van der Waals surface area (Å²) >= 11 is 0. The molecule has 0 atom stereocenters. The predicted octanol–water partition coefficient (Wildman–Crippen LogP) is 3.96. The van der Waals surface area contributed by atoms with Crippen LogP contribution in [0.15, 0.2) is 88.7 Å². The molecule has 0 amide bonds. The van der Waals surface area contributed by atoms with Crippen LogP contribution in [0.1, 0.15) is 13.8 Å². The molecular weight excluding hydrogens is 498 g/mol. The second-order valence-electron chi connectivity index (χ2n) is 8.18. The maximum Gasteiger partial charge on any atom is 0.267 e. The molecule has 0 radical (unpaired) electrons. The topological polar surface area (TPSA) is 104 Å². The van der Waals surface area contributed by atoms with Gasteiger partial charge in [-0.2, -0.15) is 4.31 Å². The fourth-order valence-corrected chi connectivity index (χ4v) is 7.05. The van der Waals surface area contributed by atoms with Crippen LogP contribution in [0, 0.1) is 0 Å².